The molecule has 158 valence electrons. The van der Waals surface area contributed by atoms with Gasteiger partial charge in [-0.25, -0.2) is 18.0 Å². The van der Waals surface area contributed by atoms with Gasteiger partial charge < -0.3 is 29.0 Å². The Morgan fingerprint density at radius 2 is 1.89 bits per heavy atom. The molecule has 3 heterocycles. The highest BCUT2D eigenvalue weighted by atomic mass is 32.2. The van der Waals surface area contributed by atoms with E-state index < -0.39 is 63.3 Å². The first-order valence-corrected chi connectivity index (χ1v) is 10.4. The Morgan fingerprint density at radius 1 is 1.25 bits per heavy atom. The third kappa shape index (κ3) is 3.22. The molecule has 0 bridgehead atoms. The van der Waals surface area contributed by atoms with E-state index in [1.54, 1.807) is 0 Å². The van der Waals surface area contributed by atoms with Crippen molar-refractivity contribution >= 4 is 27.9 Å². The van der Waals surface area contributed by atoms with Crippen LogP contribution in [0.25, 0.3) is 0 Å². The van der Waals surface area contributed by atoms with E-state index in [1.165, 1.54) is 13.8 Å². The molecule has 0 saturated carbocycles. The zero-order valence-electron chi connectivity index (χ0n) is 15.5. The highest BCUT2D eigenvalue weighted by Crippen LogP contribution is 2.48. The minimum atomic E-state index is -3.91. The molecular formula is C16H23NO10S. The van der Waals surface area contributed by atoms with Crippen LogP contribution in [-0.4, -0.2) is 85.3 Å². The first kappa shape index (κ1) is 20.8. The molecule has 1 N–H and O–H groups in total. The first-order valence-electron chi connectivity index (χ1n) is 8.87. The average molecular weight is 421 g/mol. The summed E-state index contributed by atoms with van der Waals surface area (Å²) in [5, 5.41) is 7.99. The standard InChI is InChI=1S/C16H23NO10S/c1-16(2)11(17-12(19)10(7-18)13(17)28(16,22)23)14(20)25-8-26-15(21)27-9-3-5-24-6-4-9/h9-11,13,18H,3-8H2,1-2H3/t10-,11+,13-/m1/s1. The van der Waals surface area contributed by atoms with E-state index in [9.17, 15) is 27.9 Å². The fourth-order valence-corrected chi connectivity index (χ4v) is 6.04. The number of fused-ring (bicyclic) bond motifs is 1. The third-order valence-corrected chi connectivity index (χ3v) is 8.29. The van der Waals surface area contributed by atoms with Gasteiger partial charge in [0.2, 0.25) is 12.7 Å². The van der Waals surface area contributed by atoms with Gasteiger partial charge in [0.25, 0.3) is 0 Å². The summed E-state index contributed by atoms with van der Waals surface area (Å²) in [5.41, 5.74) is 0. The summed E-state index contributed by atoms with van der Waals surface area (Å²) in [6.07, 6.45) is -0.289. The van der Waals surface area contributed by atoms with E-state index in [2.05, 4.69) is 0 Å². The van der Waals surface area contributed by atoms with Crippen molar-refractivity contribution in [3.8, 4) is 0 Å². The number of carbonyl (C=O) groups is 3. The van der Waals surface area contributed by atoms with Crippen LogP contribution in [0.3, 0.4) is 0 Å². The molecular weight excluding hydrogens is 398 g/mol. The van der Waals surface area contributed by atoms with Crippen molar-refractivity contribution in [3.63, 3.8) is 0 Å². The number of hydrogen-bond donors (Lipinski definition) is 1. The van der Waals surface area contributed by atoms with E-state index in [-0.39, 0.29) is 6.10 Å². The predicted octanol–water partition coefficient (Wildman–Crippen LogP) is -0.828. The molecule has 3 aliphatic rings. The number of β-lactam (4-membered cyclic amide) rings is 1. The van der Waals surface area contributed by atoms with E-state index in [4.69, 9.17) is 18.9 Å². The van der Waals surface area contributed by atoms with Gasteiger partial charge in [0.1, 0.15) is 17.5 Å². The van der Waals surface area contributed by atoms with Gasteiger partial charge in [-0.15, -0.1) is 0 Å². The Kier molecular flexibility index (Phi) is 5.56. The van der Waals surface area contributed by atoms with Gasteiger partial charge >= 0.3 is 12.1 Å². The number of carbonyl (C=O) groups excluding carboxylic acids is 3. The van der Waals surface area contributed by atoms with Crippen molar-refractivity contribution in [2.45, 2.75) is 49.0 Å². The number of aliphatic hydroxyl groups is 1. The largest absolute Gasteiger partial charge is 0.511 e. The van der Waals surface area contributed by atoms with E-state index >= 15 is 0 Å². The second kappa shape index (κ2) is 7.48. The second-order valence-corrected chi connectivity index (χ2v) is 10.0. The van der Waals surface area contributed by atoms with Crippen molar-refractivity contribution in [1.29, 1.82) is 0 Å². The van der Waals surface area contributed by atoms with E-state index in [0.29, 0.717) is 26.1 Å². The summed E-state index contributed by atoms with van der Waals surface area (Å²) in [6.45, 7) is 2.17. The maximum Gasteiger partial charge on any atom is 0.511 e. The molecule has 3 rings (SSSR count). The Balaban J connectivity index is 1.58. The van der Waals surface area contributed by atoms with Crippen LogP contribution >= 0.6 is 0 Å². The molecule has 0 aromatic carbocycles. The average Bonchev–Trinajstić information content (AvgIpc) is 2.77. The molecule has 0 radical (unpaired) electrons. The summed E-state index contributed by atoms with van der Waals surface area (Å²) < 4.78 is 43.5. The lowest BCUT2D eigenvalue weighted by Gasteiger charge is -2.42. The molecule has 0 unspecified atom stereocenters. The number of nitrogens with zero attached hydrogens (tertiary/aromatic N) is 1. The zero-order valence-corrected chi connectivity index (χ0v) is 16.3. The van der Waals surface area contributed by atoms with Gasteiger partial charge in [-0.1, -0.05) is 0 Å². The van der Waals surface area contributed by atoms with Crippen molar-refractivity contribution in [3.05, 3.63) is 0 Å². The van der Waals surface area contributed by atoms with Crippen LogP contribution < -0.4 is 0 Å². The SMILES string of the molecule is CC1(C)[C@H](C(=O)OCOC(=O)OC2CCOCC2)N2C(=O)[C@@H](CO)[C@H]2S1(=O)=O. The number of esters is 1. The topological polar surface area (TPSA) is 146 Å². The molecule has 3 fully saturated rings. The van der Waals surface area contributed by atoms with Gasteiger partial charge in [0.15, 0.2) is 9.84 Å². The van der Waals surface area contributed by atoms with Crippen LogP contribution in [0.4, 0.5) is 4.79 Å². The monoisotopic (exact) mass is 421 g/mol. The van der Waals surface area contributed by atoms with Crippen molar-refractivity contribution in [2.75, 3.05) is 26.6 Å². The fourth-order valence-electron chi connectivity index (χ4n) is 3.74. The van der Waals surface area contributed by atoms with Crippen LogP contribution in [0.1, 0.15) is 26.7 Å². The maximum absolute atomic E-state index is 12.7. The summed E-state index contributed by atoms with van der Waals surface area (Å²) in [5.74, 6) is -2.74. The van der Waals surface area contributed by atoms with Gasteiger partial charge in [0, 0.05) is 12.8 Å². The smallest absolute Gasteiger partial charge is 0.431 e. The Morgan fingerprint density at radius 3 is 2.50 bits per heavy atom. The van der Waals surface area contributed by atoms with Crippen molar-refractivity contribution < 1.29 is 46.9 Å². The van der Waals surface area contributed by atoms with Crippen LogP contribution in [0.15, 0.2) is 0 Å². The minimum Gasteiger partial charge on any atom is -0.431 e. The minimum absolute atomic E-state index is 0.342. The van der Waals surface area contributed by atoms with Crippen molar-refractivity contribution in [2.24, 2.45) is 5.92 Å². The molecule has 11 nitrogen and oxygen atoms in total. The molecule has 0 aliphatic carbocycles. The molecule has 0 aromatic heterocycles. The lowest BCUT2D eigenvalue weighted by atomic mass is 9.92. The number of hydrogen-bond acceptors (Lipinski definition) is 10. The molecule has 3 aliphatic heterocycles. The number of aliphatic hydroxyl groups excluding tert-OH is 1. The normalized spacial score (nSPS) is 30.9. The number of sulfone groups is 1. The molecule has 12 heteroatoms. The third-order valence-electron chi connectivity index (χ3n) is 5.41. The number of amides is 1. The quantitative estimate of drug-likeness (QED) is 0.339. The van der Waals surface area contributed by atoms with Crippen molar-refractivity contribution in [1.82, 2.24) is 4.90 Å². The van der Waals surface area contributed by atoms with Crippen LogP contribution in [0.2, 0.25) is 0 Å². The molecule has 0 spiro atoms. The van der Waals surface area contributed by atoms with Crippen LogP contribution in [0, 0.1) is 5.92 Å². The summed E-state index contributed by atoms with van der Waals surface area (Å²) in [7, 11) is -3.91. The molecule has 3 saturated heterocycles. The lowest BCUT2D eigenvalue weighted by molar-refractivity contribution is -0.173. The zero-order chi connectivity index (χ0) is 20.7. The highest BCUT2D eigenvalue weighted by molar-refractivity contribution is 7.93. The van der Waals surface area contributed by atoms with Gasteiger partial charge in [-0.3, -0.25) is 4.79 Å². The van der Waals surface area contributed by atoms with E-state index in [0.717, 1.165) is 4.90 Å². The fraction of sp³-hybridized carbons (Fsp3) is 0.812. The number of rotatable bonds is 5. The Labute approximate surface area is 161 Å². The first-order chi connectivity index (χ1) is 13.1. The highest BCUT2D eigenvalue weighted by Gasteiger charge is 2.72. The Hall–Kier alpha value is -1.92. The second-order valence-electron chi connectivity index (χ2n) is 7.38. The Bertz CT molecular complexity index is 757. The molecule has 28 heavy (non-hydrogen) atoms. The van der Waals surface area contributed by atoms with E-state index in [1.807, 2.05) is 0 Å². The summed E-state index contributed by atoms with van der Waals surface area (Å²) in [6, 6.07) is -1.40. The molecule has 1 amide bonds. The summed E-state index contributed by atoms with van der Waals surface area (Å²) in [4.78, 5) is 37.2. The summed E-state index contributed by atoms with van der Waals surface area (Å²) >= 11 is 0. The predicted molar refractivity (Wildman–Crippen MR) is 90.4 cm³/mol. The van der Waals surface area contributed by atoms with Crippen LogP contribution in [0.5, 0.6) is 0 Å². The van der Waals surface area contributed by atoms with Gasteiger partial charge in [-0.05, 0) is 13.8 Å². The maximum atomic E-state index is 12.7. The number of ether oxygens (including phenoxy) is 4. The van der Waals surface area contributed by atoms with Gasteiger partial charge in [0.05, 0.1) is 30.5 Å². The molecule has 3 atom stereocenters. The van der Waals surface area contributed by atoms with Crippen LogP contribution in [-0.2, 0) is 38.4 Å². The van der Waals surface area contributed by atoms with Gasteiger partial charge in [-0.2, -0.15) is 0 Å². The molecule has 0 aromatic rings. The lowest BCUT2D eigenvalue weighted by Crippen LogP contribution is -2.64.